The van der Waals surface area contributed by atoms with Crippen molar-refractivity contribution in [1.82, 2.24) is 0 Å². The average molecular weight is 182 g/mol. The Morgan fingerprint density at radius 2 is 2.38 bits per heavy atom. The van der Waals surface area contributed by atoms with Crippen LogP contribution in [-0.4, -0.2) is 19.0 Å². The number of ketones is 1. The first-order chi connectivity index (χ1) is 6.34. The predicted molar refractivity (Wildman–Crippen MR) is 52.7 cm³/mol. The number of hydrogen-bond donors (Lipinski definition) is 0. The van der Waals surface area contributed by atoms with Crippen molar-refractivity contribution in [3.63, 3.8) is 0 Å². The molecule has 0 fully saturated rings. The minimum absolute atomic E-state index is 0.188. The Kier molecular flexibility index (Phi) is 4.76. The molecule has 2 heteroatoms. The second kappa shape index (κ2) is 5.92. The molecule has 0 amide bonds. The van der Waals surface area contributed by atoms with Gasteiger partial charge in [0.2, 0.25) is 0 Å². The van der Waals surface area contributed by atoms with Crippen LogP contribution in [0.3, 0.4) is 0 Å². The maximum Gasteiger partial charge on any atom is 0.184 e. The predicted octanol–water partition coefficient (Wildman–Crippen LogP) is 2.48. The van der Waals surface area contributed by atoms with E-state index in [2.05, 4.69) is 6.08 Å². The van der Waals surface area contributed by atoms with Crippen LogP contribution in [0.4, 0.5) is 0 Å². The molecule has 1 aliphatic rings. The van der Waals surface area contributed by atoms with Crippen molar-refractivity contribution in [3.8, 4) is 0 Å². The Labute approximate surface area is 80.0 Å². The summed E-state index contributed by atoms with van der Waals surface area (Å²) < 4.78 is 5.21. The van der Waals surface area contributed by atoms with E-state index >= 15 is 0 Å². The number of carbonyl (C=O) groups excluding carboxylic acids is 1. The number of hydrogen-bond acceptors (Lipinski definition) is 2. The first-order valence-corrected chi connectivity index (χ1v) is 5.14. The lowest BCUT2D eigenvalue weighted by molar-refractivity contribution is -0.120. The highest BCUT2D eigenvalue weighted by Gasteiger charge is 2.11. The Hall–Kier alpha value is -0.630. The molecule has 1 rings (SSSR count). The summed E-state index contributed by atoms with van der Waals surface area (Å²) in [6.07, 6.45) is 7.45. The number of ether oxygens (including phenoxy) is 1. The molecular formula is C11H18O2. The Balaban J connectivity index is 2.25. The summed E-state index contributed by atoms with van der Waals surface area (Å²) in [5.74, 6) is 0.188. The van der Waals surface area contributed by atoms with Crippen LogP contribution in [-0.2, 0) is 9.53 Å². The maximum absolute atomic E-state index is 11.5. The molecule has 2 nitrogen and oxygen atoms in total. The highest BCUT2D eigenvalue weighted by molar-refractivity contribution is 5.96. The third kappa shape index (κ3) is 3.73. The third-order valence-electron chi connectivity index (χ3n) is 2.23. The molecule has 0 radical (unpaired) electrons. The lowest BCUT2D eigenvalue weighted by Crippen LogP contribution is -2.13. The van der Waals surface area contributed by atoms with Crippen LogP contribution < -0.4 is 0 Å². The summed E-state index contributed by atoms with van der Waals surface area (Å²) in [6, 6.07) is 0. The Morgan fingerprint density at radius 1 is 1.54 bits per heavy atom. The van der Waals surface area contributed by atoms with Gasteiger partial charge in [0, 0.05) is 6.61 Å². The molecule has 0 N–H and O–H groups in total. The summed E-state index contributed by atoms with van der Waals surface area (Å²) in [4.78, 5) is 11.5. The quantitative estimate of drug-likeness (QED) is 0.610. The minimum atomic E-state index is 0.188. The summed E-state index contributed by atoms with van der Waals surface area (Å²) in [5, 5.41) is 0. The first-order valence-electron chi connectivity index (χ1n) is 5.14. The molecule has 0 heterocycles. The molecule has 0 aromatic heterocycles. The zero-order valence-corrected chi connectivity index (χ0v) is 8.34. The van der Waals surface area contributed by atoms with Gasteiger partial charge in [0.05, 0.1) is 0 Å². The molecule has 0 bridgehead atoms. The number of rotatable bonds is 5. The molecule has 0 aromatic rings. The lowest BCUT2D eigenvalue weighted by atomic mass is 9.97. The largest absolute Gasteiger partial charge is 0.373 e. The first kappa shape index (κ1) is 10.5. The molecular weight excluding hydrogens is 164 g/mol. The fourth-order valence-electron chi connectivity index (χ4n) is 1.49. The molecule has 0 saturated heterocycles. The van der Waals surface area contributed by atoms with E-state index in [0.717, 1.165) is 31.3 Å². The molecule has 0 aliphatic heterocycles. The zero-order valence-electron chi connectivity index (χ0n) is 8.34. The minimum Gasteiger partial charge on any atom is -0.373 e. The van der Waals surface area contributed by atoms with E-state index in [4.69, 9.17) is 4.74 Å². The van der Waals surface area contributed by atoms with Crippen LogP contribution in [0.25, 0.3) is 0 Å². The zero-order chi connectivity index (χ0) is 9.52. The average Bonchev–Trinajstić information content (AvgIpc) is 2.19. The van der Waals surface area contributed by atoms with Crippen molar-refractivity contribution in [2.45, 2.75) is 39.0 Å². The number of carbonyl (C=O) groups is 1. The van der Waals surface area contributed by atoms with Crippen molar-refractivity contribution in [2.75, 3.05) is 13.2 Å². The highest BCUT2D eigenvalue weighted by Crippen LogP contribution is 2.17. The summed E-state index contributed by atoms with van der Waals surface area (Å²) in [5.41, 5.74) is 0.988. The van der Waals surface area contributed by atoms with Gasteiger partial charge in [-0.3, -0.25) is 4.79 Å². The van der Waals surface area contributed by atoms with E-state index in [-0.39, 0.29) is 12.4 Å². The Bertz CT molecular complexity index is 194. The second-order valence-electron chi connectivity index (χ2n) is 3.45. The second-order valence-corrected chi connectivity index (χ2v) is 3.45. The van der Waals surface area contributed by atoms with Crippen LogP contribution >= 0.6 is 0 Å². The Morgan fingerprint density at radius 3 is 3.00 bits per heavy atom. The standard InChI is InChI=1S/C11H18O2/c1-2-8-13-9-11(12)10-6-4-3-5-7-10/h6H,2-5,7-9H2,1H3. The van der Waals surface area contributed by atoms with Crippen molar-refractivity contribution in [1.29, 1.82) is 0 Å². The summed E-state index contributed by atoms with van der Waals surface area (Å²) in [7, 11) is 0. The van der Waals surface area contributed by atoms with Gasteiger partial charge < -0.3 is 4.74 Å². The van der Waals surface area contributed by atoms with Crippen molar-refractivity contribution in [2.24, 2.45) is 0 Å². The molecule has 0 saturated carbocycles. The van der Waals surface area contributed by atoms with E-state index in [1.807, 2.05) is 6.92 Å². The molecule has 0 atom stereocenters. The molecule has 0 spiro atoms. The van der Waals surface area contributed by atoms with Gasteiger partial charge in [-0.05, 0) is 37.7 Å². The van der Waals surface area contributed by atoms with Crippen LogP contribution in [0.15, 0.2) is 11.6 Å². The molecule has 0 aromatic carbocycles. The third-order valence-corrected chi connectivity index (χ3v) is 2.23. The van der Waals surface area contributed by atoms with E-state index < -0.39 is 0 Å². The van der Waals surface area contributed by atoms with Crippen molar-refractivity contribution < 1.29 is 9.53 Å². The molecule has 0 unspecified atom stereocenters. The number of Topliss-reactive ketones (excluding diaryl/α,β-unsaturated/α-hetero) is 1. The van der Waals surface area contributed by atoms with Crippen molar-refractivity contribution >= 4 is 5.78 Å². The van der Waals surface area contributed by atoms with Crippen molar-refractivity contribution in [3.05, 3.63) is 11.6 Å². The SMILES string of the molecule is CCCOCC(=O)C1=CCCCC1. The summed E-state index contributed by atoms with van der Waals surface area (Å²) >= 11 is 0. The van der Waals surface area contributed by atoms with Gasteiger partial charge in [0.1, 0.15) is 6.61 Å². The molecule has 1 aliphatic carbocycles. The van der Waals surface area contributed by atoms with E-state index in [9.17, 15) is 4.79 Å². The van der Waals surface area contributed by atoms with Gasteiger partial charge in [0.15, 0.2) is 5.78 Å². The maximum atomic E-state index is 11.5. The normalized spacial score (nSPS) is 16.8. The molecule has 13 heavy (non-hydrogen) atoms. The smallest absolute Gasteiger partial charge is 0.184 e. The van der Waals surface area contributed by atoms with Gasteiger partial charge in [-0.15, -0.1) is 0 Å². The summed E-state index contributed by atoms with van der Waals surface area (Å²) in [6.45, 7) is 3.02. The van der Waals surface area contributed by atoms with Crippen LogP contribution in [0.1, 0.15) is 39.0 Å². The van der Waals surface area contributed by atoms with Gasteiger partial charge in [0.25, 0.3) is 0 Å². The van der Waals surface area contributed by atoms with E-state index in [1.165, 1.54) is 6.42 Å². The van der Waals surface area contributed by atoms with Gasteiger partial charge in [-0.25, -0.2) is 0 Å². The lowest BCUT2D eigenvalue weighted by Gasteiger charge is -2.11. The fraction of sp³-hybridized carbons (Fsp3) is 0.727. The van der Waals surface area contributed by atoms with E-state index in [1.54, 1.807) is 0 Å². The number of allylic oxidation sites excluding steroid dienone is 1. The molecule has 74 valence electrons. The van der Waals surface area contributed by atoms with Gasteiger partial charge in [-0.2, -0.15) is 0 Å². The van der Waals surface area contributed by atoms with Gasteiger partial charge in [-0.1, -0.05) is 13.0 Å². The van der Waals surface area contributed by atoms with Crippen LogP contribution in [0.2, 0.25) is 0 Å². The fourth-order valence-corrected chi connectivity index (χ4v) is 1.49. The van der Waals surface area contributed by atoms with Crippen LogP contribution in [0.5, 0.6) is 0 Å². The van der Waals surface area contributed by atoms with Gasteiger partial charge >= 0.3 is 0 Å². The van der Waals surface area contributed by atoms with Crippen LogP contribution in [0, 0.1) is 0 Å². The topological polar surface area (TPSA) is 26.3 Å². The monoisotopic (exact) mass is 182 g/mol. The highest BCUT2D eigenvalue weighted by atomic mass is 16.5. The van der Waals surface area contributed by atoms with E-state index in [0.29, 0.717) is 6.61 Å².